The molecule has 0 aliphatic carbocycles. The summed E-state index contributed by atoms with van der Waals surface area (Å²) in [5.74, 6) is -2.14. The number of hydrogen-bond acceptors (Lipinski definition) is 4. The Morgan fingerprint density at radius 3 is 2.77 bits per heavy atom. The van der Waals surface area contributed by atoms with Crippen molar-refractivity contribution in [1.29, 1.82) is 0 Å². The van der Waals surface area contributed by atoms with Gasteiger partial charge in [0.15, 0.2) is 0 Å². The van der Waals surface area contributed by atoms with Crippen LogP contribution >= 0.6 is 11.6 Å². The van der Waals surface area contributed by atoms with Crippen molar-refractivity contribution in [2.24, 2.45) is 5.92 Å². The lowest BCUT2D eigenvalue weighted by atomic mass is 10.00. The van der Waals surface area contributed by atoms with E-state index in [0.717, 1.165) is 18.2 Å². The van der Waals surface area contributed by atoms with Crippen molar-refractivity contribution in [3.05, 3.63) is 29.0 Å². The average molecular weight is 352 g/mol. The highest BCUT2D eigenvalue weighted by Gasteiger charge is 2.30. The molecule has 1 aromatic carbocycles. The SMILES string of the molecule is O=C(O)C(CC1CCOC1)NS(=O)(=O)c1cc(F)cc(Cl)c1. The molecule has 2 atom stereocenters. The summed E-state index contributed by atoms with van der Waals surface area (Å²) in [5, 5.41) is 9.10. The van der Waals surface area contributed by atoms with Gasteiger partial charge in [-0.1, -0.05) is 11.6 Å². The molecule has 22 heavy (non-hydrogen) atoms. The minimum atomic E-state index is -4.19. The van der Waals surface area contributed by atoms with E-state index >= 15 is 0 Å². The molecular formula is C13H15ClFNO5S. The van der Waals surface area contributed by atoms with Crippen molar-refractivity contribution in [3.8, 4) is 0 Å². The Morgan fingerprint density at radius 1 is 1.50 bits per heavy atom. The number of benzene rings is 1. The number of carboxylic acid groups (broad SMARTS) is 1. The zero-order valence-corrected chi connectivity index (χ0v) is 13.0. The smallest absolute Gasteiger partial charge is 0.321 e. The molecule has 2 rings (SSSR count). The zero-order valence-electron chi connectivity index (χ0n) is 11.5. The molecule has 9 heteroatoms. The molecule has 0 saturated carbocycles. The fourth-order valence-corrected chi connectivity index (χ4v) is 3.78. The first-order valence-corrected chi connectivity index (χ1v) is 8.43. The van der Waals surface area contributed by atoms with Gasteiger partial charge in [0.2, 0.25) is 10.0 Å². The van der Waals surface area contributed by atoms with E-state index in [1.807, 2.05) is 0 Å². The second kappa shape index (κ2) is 6.91. The Bertz CT molecular complexity index is 640. The normalized spacial score (nSPS) is 20.0. The first kappa shape index (κ1) is 17.1. The van der Waals surface area contributed by atoms with Gasteiger partial charge in [0.1, 0.15) is 11.9 Å². The molecule has 0 aromatic heterocycles. The predicted octanol–water partition coefficient (Wildman–Crippen LogP) is 1.64. The minimum absolute atomic E-state index is 0.0279. The van der Waals surface area contributed by atoms with Crippen LogP contribution in [0.3, 0.4) is 0 Å². The van der Waals surface area contributed by atoms with Crippen molar-refractivity contribution in [1.82, 2.24) is 4.72 Å². The summed E-state index contributed by atoms with van der Waals surface area (Å²) in [6.07, 6.45) is 0.787. The molecule has 1 aliphatic heterocycles. The molecule has 1 aliphatic rings. The van der Waals surface area contributed by atoms with E-state index in [-0.39, 0.29) is 17.4 Å². The summed E-state index contributed by atoms with van der Waals surface area (Å²) >= 11 is 5.63. The molecular weight excluding hydrogens is 337 g/mol. The van der Waals surface area contributed by atoms with E-state index in [1.165, 1.54) is 0 Å². The summed E-state index contributed by atoms with van der Waals surface area (Å²) in [5.41, 5.74) is 0. The van der Waals surface area contributed by atoms with Crippen molar-refractivity contribution in [3.63, 3.8) is 0 Å². The maximum atomic E-state index is 13.3. The van der Waals surface area contributed by atoms with Crippen molar-refractivity contribution < 1.29 is 27.4 Å². The van der Waals surface area contributed by atoms with Gasteiger partial charge in [0.25, 0.3) is 0 Å². The molecule has 1 heterocycles. The molecule has 0 spiro atoms. The van der Waals surface area contributed by atoms with E-state index in [1.54, 1.807) is 0 Å². The average Bonchev–Trinajstić information content (AvgIpc) is 2.89. The van der Waals surface area contributed by atoms with E-state index in [0.29, 0.717) is 19.6 Å². The molecule has 0 bridgehead atoms. The van der Waals surface area contributed by atoms with E-state index in [4.69, 9.17) is 16.3 Å². The molecule has 122 valence electrons. The van der Waals surface area contributed by atoms with E-state index < -0.39 is 32.7 Å². The van der Waals surface area contributed by atoms with Gasteiger partial charge in [-0.05, 0) is 37.0 Å². The lowest BCUT2D eigenvalue weighted by molar-refractivity contribution is -0.139. The second-order valence-electron chi connectivity index (χ2n) is 5.08. The molecule has 0 amide bonds. The largest absolute Gasteiger partial charge is 0.480 e. The summed E-state index contributed by atoms with van der Waals surface area (Å²) in [6, 6.07) is 1.50. The number of nitrogens with one attached hydrogen (secondary N) is 1. The lowest BCUT2D eigenvalue weighted by Gasteiger charge is -2.17. The van der Waals surface area contributed by atoms with Crippen LogP contribution in [0.1, 0.15) is 12.8 Å². The maximum absolute atomic E-state index is 13.3. The molecule has 6 nitrogen and oxygen atoms in total. The quantitative estimate of drug-likeness (QED) is 0.812. The first-order valence-electron chi connectivity index (χ1n) is 6.57. The van der Waals surface area contributed by atoms with Gasteiger partial charge in [0.05, 0.1) is 4.90 Å². The first-order chi connectivity index (χ1) is 10.3. The van der Waals surface area contributed by atoms with Crippen molar-refractivity contribution >= 4 is 27.6 Å². The van der Waals surface area contributed by atoms with Crippen LogP contribution < -0.4 is 4.72 Å². The van der Waals surface area contributed by atoms with Gasteiger partial charge < -0.3 is 9.84 Å². The number of hydrogen-bond donors (Lipinski definition) is 2. The van der Waals surface area contributed by atoms with Crippen LogP contribution in [0.25, 0.3) is 0 Å². The number of aliphatic carboxylic acids is 1. The Labute approximate surface area is 132 Å². The Balaban J connectivity index is 2.18. The van der Waals surface area contributed by atoms with Gasteiger partial charge in [-0.25, -0.2) is 12.8 Å². The van der Waals surface area contributed by atoms with Crippen LogP contribution in [0, 0.1) is 11.7 Å². The lowest BCUT2D eigenvalue weighted by Crippen LogP contribution is -2.42. The summed E-state index contributed by atoms with van der Waals surface area (Å²) in [7, 11) is -4.19. The highest BCUT2D eigenvalue weighted by Crippen LogP contribution is 2.21. The maximum Gasteiger partial charge on any atom is 0.321 e. The minimum Gasteiger partial charge on any atom is -0.480 e. The number of halogens is 2. The fourth-order valence-electron chi connectivity index (χ4n) is 2.24. The summed E-state index contributed by atoms with van der Waals surface area (Å²) in [6.45, 7) is 0.931. The van der Waals surface area contributed by atoms with Crippen LogP contribution in [0.2, 0.25) is 5.02 Å². The molecule has 1 aromatic rings. The highest BCUT2D eigenvalue weighted by molar-refractivity contribution is 7.89. The summed E-state index contributed by atoms with van der Waals surface area (Å²) < 4.78 is 44.9. The van der Waals surface area contributed by atoms with Gasteiger partial charge in [-0.3, -0.25) is 4.79 Å². The predicted molar refractivity (Wildman–Crippen MR) is 76.7 cm³/mol. The third-order valence-electron chi connectivity index (χ3n) is 3.33. The van der Waals surface area contributed by atoms with Crippen LogP contribution in [0.5, 0.6) is 0 Å². The zero-order chi connectivity index (χ0) is 16.3. The van der Waals surface area contributed by atoms with Crippen LogP contribution in [0.4, 0.5) is 4.39 Å². The Kier molecular flexibility index (Phi) is 5.38. The van der Waals surface area contributed by atoms with Crippen molar-refractivity contribution in [2.75, 3.05) is 13.2 Å². The van der Waals surface area contributed by atoms with Gasteiger partial charge in [-0.2, -0.15) is 4.72 Å². The molecule has 1 saturated heterocycles. The van der Waals surface area contributed by atoms with E-state index in [2.05, 4.69) is 4.72 Å². The molecule has 1 fully saturated rings. The highest BCUT2D eigenvalue weighted by atomic mass is 35.5. The second-order valence-corrected chi connectivity index (χ2v) is 7.23. The number of sulfonamides is 1. The Hall–Kier alpha value is -1.22. The Morgan fingerprint density at radius 2 is 2.23 bits per heavy atom. The standard InChI is InChI=1S/C13H15ClFNO5S/c14-9-4-10(15)6-11(5-9)22(19,20)16-12(13(17)18)3-8-1-2-21-7-8/h4-6,8,12,16H,1-3,7H2,(H,17,18). The number of carbonyl (C=O) groups is 1. The van der Waals surface area contributed by atoms with Gasteiger partial charge in [-0.15, -0.1) is 0 Å². The van der Waals surface area contributed by atoms with Crippen molar-refractivity contribution in [2.45, 2.75) is 23.8 Å². The number of ether oxygens (including phenoxy) is 1. The van der Waals surface area contributed by atoms with Crippen LogP contribution in [-0.2, 0) is 19.6 Å². The molecule has 0 radical (unpaired) electrons. The third kappa shape index (κ3) is 4.39. The fraction of sp³-hybridized carbons (Fsp3) is 0.462. The molecule has 2 N–H and O–H groups in total. The topological polar surface area (TPSA) is 92.7 Å². The van der Waals surface area contributed by atoms with Crippen LogP contribution in [-0.4, -0.2) is 38.7 Å². The molecule has 2 unspecified atom stereocenters. The van der Waals surface area contributed by atoms with E-state index in [9.17, 15) is 22.7 Å². The van der Waals surface area contributed by atoms with Crippen LogP contribution in [0.15, 0.2) is 23.1 Å². The number of carboxylic acids is 1. The number of rotatable bonds is 6. The third-order valence-corrected chi connectivity index (χ3v) is 5.00. The summed E-state index contributed by atoms with van der Waals surface area (Å²) in [4.78, 5) is 10.9. The monoisotopic (exact) mass is 351 g/mol. The van der Waals surface area contributed by atoms with Gasteiger partial charge in [0, 0.05) is 18.2 Å². The van der Waals surface area contributed by atoms with Gasteiger partial charge >= 0.3 is 5.97 Å².